The number of nitrogens with zero attached hydrogens (tertiary/aromatic N) is 3. The van der Waals surface area contributed by atoms with E-state index in [0.717, 1.165) is 0 Å². The Hall–Kier alpha value is -3.26. The van der Waals surface area contributed by atoms with Crippen LogP contribution in [0.15, 0.2) is 42.6 Å². The lowest BCUT2D eigenvalue weighted by atomic mass is 10.00. The summed E-state index contributed by atoms with van der Waals surface area (Å²) < 4.78 is 1.64. The van der Waals surface area contributed by atoms with E-state index in [1.807, 2.05) is 0 Å². The molecule has 0 unspecified atom stereocenters. The number of nitro benzene ring substituents is 1. The largest absolute Gasteiger partial charge is 0.478 e. The second-order valence-corrected chi connectivity index (χ2v) is 7.03. The van der Waals surface area contributed by atoms with Gasteiger partial charge in [-0.05, 0) is 44.0 Å². The standard InChI is InChI=1S/C19H19N3O5/c1-19(2,25)6-7-21-11-14-9-17(22(26)27)15(10-16(14)20-21)12-4-3-5-13(8-12)18(23)24/h3-5,8-11,25H,6-7H2,1-2H3,(H,23,24). The van der Waals surface area contributed by atoms with E-state index in [1.54, 1.807) is 42.9 Å². The number of carboxylic acid groups (broad SMARTS) is 1. The molecule has 3 aromatic rings. The van der Waals surface area contributed by atoms with Crippen LogP contribution in [-0.2, 0) is 6.54 Å². The van der Waals surface area contributed by atoms with Gasteiger partial charge in [0.1, 0.15) is 0 Å². The van der Waals surface area contributed by atoms with Crippen molar-refractivity contribution in [2.75, 3.05) is 0 Å². The van der Waals surface area contributed by atoms with Crippen molar-refractivity contribution in [1.29, 1.82) is 0 Å². The molecule has 8 nitrogen and oxygen atoms in total. The first-order valence-corrected chi connectivity index (χ1v) is 8.36. The van der Waals surface area contributed by atoms with Crippen LogP contribution in [0.3, 0.4) is 0 Å². The molecule has 27 heavy (non-hydrogen) atoms. The van der Waals surface area contributed by atoms with Crippen LogP contribution < -0.4 is 0 Å². The van der Waals surface area contributed by atoms with Gasteiger partial charge in [0.15, 0.2) is 0 Å². The molecule has 2 N–H and O–H groups in total. The molecule has 0 aliphatic carbocycles. The van der Waals surface area contributed by atoms with E-state index in [-0.39, 0.29) is 11.3 Å². The third-order valence-electron chi connectivity index (χ3n) is 4.24. The average molecular weight is 369 g/mol. The maximum Gasteiger partial charge on any atom is 0.335 e. The van der Waals surface area contributed by atoms with Crippen LogP contribution in [0.2, 0.25) is 0 Å². The highest BCUT2D eigenvalue weighted by Gasteiger charge is 2.20. The van der Waals surface area contributed by atoms with Crippen molar-refractivity contribution >= 4 is 22.6 Å². The monoisotopic (exact) mass is 369 g/mol. The van der Waals surface area contributed by atoms with E-state index in [0.29, 0.717) is 35.0 Å². The predicted molar refractivity (Wildman–Crippen MR) is 99.7 cm³/mol. The fourth-order valence-electron chi connectivity index (χ4n) is 2.82. The normalized spacial score (nSPS) is 11.7. The summed E-state index contributed by atoms with van der Waals surface area (Å²) in [6.07, 6.45) is 2.18. The Kier molecular flexibility index (Phi) is 4.67. The molecule has 2 aromatic carbocycles. The van der Waals surface area contributed by atoms with Gasteiger partial charge >= 0.3 is 5.97 Å². The van der Waals surface area contributed by atoms with Crippen LogP contribution in [-0.4, -0.2) is 36.5 Å². The fourth-order valence-corrected chi connectivity index (χ4v) is 2.82. The van der Waals surface area contributed by atoms with Gasteiger partial charge < -0.3 is 10.2 Å². The van der Waals surface area contributed by atoms with Gasteiger partial charge in [-0.2, -0.15) is 5.10 Å². The molecular formula is C19H19N3O5. The van der Waals surface area contributed by atoms with E-state index in [9.17, 15) is 20.0 Å². The third-order valence-corrected chi connectivity index (χ3v) is 4.24. The maximum absolute atomic E-state index is 11.6. The Bertz CT molecular complexity index is 1030. The molecule has 0 atom stereocenters. The molecule has 1 heterocycles. The first-order chi connectivity index (χ1) is 12.6. The number of aromatic carboxylic acids is 1. The summed E-state index contributed by atoms with van der Waals surface area (Å²) in [6.45, 7) is 3.87. The smallest absolute Gasteiger partial charge is 0.335 e. The number of carbonyl (C=O) groups is 1. The topological polar surface area (TPSA) is 118 Å². The van der Waals surface area contributed by atoms with Crippen LogP contribution in [0.5, 0.6) is 0 Å². The number of hydrogen-bond acceptors (Lipinski definition) is 5. The Morgan fingerprint density at radius 2 is 2.04 bits per heavy atom. The Morgan fingerprint density at radius 1 is 1.30 bits per heavy atom. The van der Waals surface area contributed by atoms with Crippen LogP contribution in [0, 0.1) is 10.1 Å². The molecule has 3 rings (SSSR count). The van der Waals surface area contributed by atoms with Crippen LogP contribution in [0.4, 0.5) is 5.69 Å². The van der Waals surface area contributed by atoms with Crippen molar-refractivity contribution in [3.63, 3.8) is 0 Å². The van der Waals surface area contributed by atoms with E-state index in [4.69, 9.17) is 5.11 Å². The molecule has 0 spiro atoms. The van der Waals surface area contributed by atoms with Crippen LogP contribution in [0.1, 0.15) is 30.6 Å². The summed E-state index contributed by atoms with van der Waals surface area (Å²) in [6, 6.07) is 9.05. The lowest BCUT2D eigenvalue weighted by molar-refractivity contribution is -0.384. The minimum Gasteiger partial charge on any atom is -0.478 e. The summed E-state index contributed by atoms with van der Waals surface area (Å²) in [4.78, 5) is 22.3. The summed E-state index contributed by atoms with van der Waals surface area (Å²) in [5, 5.41) is 35.6. The van der Waals surface area contributed by atoms with Gasteiger partial charge in [-0.15, -0.1) is 0 Å². The van der Waals surface area contributed by atoms with Crippen molar-refractivity contribution in [2.24, 2.45) is 0 Å². The van der Waals surface area contributed by atoms with E-state index in [1.165, 1.54) is 18.2 Å². The highest BCUT2D eigenvalue weighted by atomic mass is 16.6. The van der Waals surface area contributed by atoms with Crippen molar-refractivity contribution in [2.45, 2.75) is 32.4 Å². The Morgan fingerprint density at radius 3 is 2.67 bits per heavy atom. The number of nitro groups is 1. The van der Waals surface area contributed by atoms with Gasteiger partial charge in [0.25, 0.3) is 5.69 Å². The zero-order valence-corrected chi connectivity index (χ0v) is 14.9. The Balaban J connectivity index is 2.09. The maximum atomic E-state index is 11.6. The number of aliphatic hydroxyl groups is 1. The minimum atomic E-state index is -1.10. The molecule has 0 aliphatic heterocycles. The van der Waals surface area contributed by atoms with E-state index in [2.05, 4.69) is 5.10 Å². The number of carboxylic acids is 1. The van der Waals surface area contributed by atoms with Crippen LogP contribution >= 0.6 is 0 Å². The Labute approximate surface area is 154 Å². The van der Waals surface area contributed by atoms with Crippen molar-refractivity contribution in [1.82, 2.24) is 9.78 Å². The van der Waals surface area contributed by atoms with Gasteiger partial charge in [0, 0.05) is 24.2 Å². The minimum absolute atomic E-state index is 0.0533. The molecule has 0 saturated carbocycles. The molecule has 0 aliphatic rings. The molecule has 1 aromatic heterocycles. The van der Waals surface area contributed by atoms with Gasteiger partial charge in [0.05, 0.1) is 27.2 Å². The molecule has 0 radical (unpaired) electrons. The summed E-state index contributed by atoms with van der Waals surface area (Å²) in [7, 11) is 0. The van der Waals surface area contributed by atoms with Gasteiger partial charge in [-0.1, -0.05) is 12.1 Å². The second kappa shape index (κ2) is 6.81. The van der Waals surface area contributed by atoms with Gasteiger partial charge in [-0.3, -0.25) is 14.8 Å². The molecule has 0 amide bonds. The fraction of sp³-hybridized carbons (Fsp3) is 0.263. The van der Waals surface area contributed by atoms with Gasteiger partial charge in [-0.25, -0.2) is 4.79 Å². The molecule has 8 heteroatoms. The summed E-state index contributed by atoms with van der Waals surface area (Å²) in [5.74, 6) is -1.10. The zero-order chi connectivity index (χ0) is 19.8. The second-order valence-electron chi connectivity index (χ2n) is 7.03. The molecular weight excluding hydrogens is 350 g/mol. The molecule has 0 bridgehead atoms. The number of fused-ring (bicyclic) bond motifs is 1. The number of benzene rings is 2. The lowest BCUT2D eigenvalue weighted by Crippen LogP contribution is -2.21. The lowest BCUT2D eigenvalue weighted by Gasteiger charge is -2.16. The SMILES string of the molecule is CC(C)(O)CCn1cc2cc([N+](=O)[O-])c(-c3cccc(C(=O)O)c3)cc2n1. The molecule has 140 valence electrons. The number of aromatic nitrogens is 2. The van der Waals surface area contributed by atoms with Crippen LogP contribution in [0.25, 0.3) is 22.0 Å². The highest BCUT2D eigenvalue weighted by Crippen LogP contribution is 2.34. The third kappa shape index (κ3) is 4.12. The number of aryl methyl sites for hydroxylation is 1. The average Bonchev–Trinajstić information content (AvgIpc) is 3.00. The van der Waals surface area contributed by atoms with E-state index >= 15 is 0 Å². The van der Waals surface area contributed by atoms with Crippen molar-refractivity contribution in [3.8, 4) is 11.1 Å². The number of hydrogen-bond donors (Lipinski definition) is 2. The highest BCUT2D eigenvalue weighted by molar-refractivity contribution is 5.93. The predicted octanol–water partition coefficient (Wildman–Crippen LogP) is 3.47. The van der Waals surface area contributed by atoms with E-state index < -0.39 is 16.5 Å². The molecule has 0 saturated heterocycles. The summed E-state index contributed by atoms with van der Waals surface area (Å²) >= 11 is 0. The first-order valence-electron chi connectivity index (χ1n) is 8.36. The first kappa shape index (κ1) is 18.5. The summed E-state index contributed by atoms with van der Waals surface area (Å²) in [5.41, 5.74) is 0.404. The molecule has 0 fully saturated rings. The van der Waals surface area contributed by atoms with Crippen molar-refractivity contribution in [3.05, 3.63) is 58.3 Å². The quantitative estimate of drug-likeness (QED) is 0.507. The van der Waals surface area contributed by atoms with Gasteiger partial charge in [0.2, 0.25) is 0 Å². The zero-order valence-electron chi connectivity index (χ0n) is 14.9. The number of rotatable bonds is 6. The van der Waals surface area contributed by atoms with Crippen molar-refractivity contribution < 1.29 is 19.9 Å².